The maximum Gasteiger partial charge on any atom is 0.246 e. The van der Waals surface area contributed by atoms with E-state index in [0.717, 1.165) is 6.42 Å². The van der Waals surface area contributed by atoms with Gasteiger partial charge in [-0.1, -0.05) is 27.7 Å². The Kier molecular flexibility index (Phi) is 7.09. The monoisotopic (exact) mass is 377 g/mol. The third kappa shape index (κ3) is 4.93. The second-order valence-corrected chi connectivity index (χ2v) is 8.10. The number of halogens is 1. The van der Waals surface area contributed by atoms with Gasteiger partial charge in [-0.25, -0.2) is 13.4 Å². The topological polar surface area (TPSA) is 62.3 Å². The molecule has 0 spiro atoms. The lowest BCUT2D eigenvalue weighted by molar-refractivity contribution is 0.381. The number of rotatable bonds is 8. The Morgan fingerprint density at radius 2 is 2.05 bits per heavy atom. The van der Waals surface area contributed by atoms with Crippen molar-refractivity contribution in [3.8, 4) is 0 Å². The van der Waals surface area contributed by atoms with Gasteiger partial charge in [0.2, 0.25) is 10.0 Å². The van der Waals surface area contributed by atoms with Crippen molar-refractivity contribution in [2.75, 3.05) is 25.0 Å². The van der Waals surface area contributed by atoms with Crippen molar-refractivity contribution < 1.29 is 8.42 Å². The van der Waals surface area contributed by atoms with E-state index < -0.39 is 10.0 Å². The molecule has 0 aliphatic heterocycles. The summed E-state index contributed by atoms with van der Waals surface area (Å²) in [6.45, 7) is 9.52. The summed E-state index contributed by atoms with van der Waals surface area (Å²) in [6, 6.07) is 1.61. The SMILES string of the molecule is CCCNc1ncc(Br)cc1S(=O)(=O)N(CC)CC(C)C. The first-order valence-electron chi connectivity index (χ1n) is 7.22. The molecular formula is C14H24BrN3O2S. The summed E-state index contributed by atoms with van der Waals surface area (Å²) in [6.07, 6.45) is 2.51. The maximum absolute atomic E-state index is 12.9. The summed E-state index contributed by atoms with van der Waals surface area (Å²) in [4.78, 5) is 4.44. The van der Waals surface area contributed by atoms with Crippen molar-refractivity contribution >= 4 is 31.8 Å². The van der Waals surface area contributed by atoms with Crippen LogP contribution in [0.25, 0.3) is 0 Å². The van der Waals surface area contributed by atoms with Crippen LogP contribution < -0.4 is 5.32 Å². The van der Waals surface area contributed by atoms with Crippen LogP contribution in [-0.2, 0) is 10.0 Å². The Labute approximate surface area is 136 Å². The van der Waals surface area contributed by atoms with Crippen LogP contribution in [0.3, 0.4) is 0 Å². The van der Waals surface area contributed by atoms with Gasteiger partial charge in [0.15, 0.2) is 0 Å². The van der Waals surface area contributed by atoms with Gasteiger partial charge in [-0.15, -0.1) is 0 Å². The molecule has 1 N–H and O–H groups in total. The second kappa shape index (κ2) is 8.10. The van der Waals surface area contributed by atoms with Crippen molar-refractivity contribution in [1.29, 1.82) is 0 Å². The molecule has 0 aliphatic rings. The maximum atomic E-state index is 12.9. The lowest BCUT2D eigenvalue weighted by atomic mass is 10.2. The van der Waals surface area contributed by atoms with E-state index in [9.17, 15) is 8.42 Å². The van der Waals surface area contributed by atoms with E-state index in [1.165, 1.54) is 4.31 Å². The van der Waals surface area contributed by atoms with Crippen LogP contribution in [0.1, 0.15) is 34.1 Å². The average molecular weight is 378 g/mol. The molecule has 0 bridgehead atoms. The molecule has 21 heavy (non-hydrogen) atoms. The highest BCUT2D eigenvalue weighted by Crippen LogP contribution is 2.26. The Hall–Kier alpha value is -0.660. The van der Waals surface area contributed by atoms with Crippen LogP contribution in [0.4, 0.5) is 5.82 Å². The zero-order chi connectivity index (χ0) is 16.0. The lowest BCUT2D eigenvalue weighted by Gasteiger charge is -2.23. The minimum atomic E-state index is -3.55. The van der Waals surface area contributed by atoms with E-state index in [-0.39, 0.29) is 10.8 Å². The molecule has 5 nitrogen and oxygen atoms in total. The van der Waals surface area contributed by atoms with Gasteiger partial charge in [0.05, 0.1) is 0 Å². The molecule has 1 rings (SSSR count). The molecule has 0 aromatic carbocycles. The molecule has 0 fully saturated rings. The predicted molar refractivity (Wildman–Crippen MR) is 90.0 cm³/mol. The molecule has 1 aromatic heterocycles. The van der Waals surface area contributed by atoms with E-state index in [4.69, 9.17) is 0 Å². The molecule has 0 radical (unpaired) electrons. The quantitative estimate of drug-likeness (QED) is 0.754. The number of aromatic nitrogens is 1. The van der Waals surface area contributed by atoms with E-state index in [0.29, 0.717) is 29.9 Å². The highest BCUT2D eigenvalue weighted by atomic mass is 79.9. The Balaban J connectivity index is 3.24. The van der Waals surface area contributed by atoms with Gasteiger partial charge < -0.3 is 5.32 Å². The molecule has 0 saturated heterocycles. The summed E-state index contributed by atoms with van der Waals surface area (Å²) in [5.41, 5.74) is 0. The number of hydrogen-bond donors (Lipinski definition) is 1. The van der Waals surface area contributed by atoms with Crippen LogP contribution in [-0.4, -0.2) is 37.3 Å². The van der Waals surface area contributed by atoms with Gasteiger partial charge >= 0.3 is 0 Å². The van der Waals surface area contributed by atoms with Crippen LogP contribution in [0, 0.1) is 5.92 Å². The molecule has 0 aliphatic carbocycles. The Morgan fingerprint density at radius 1 is 1.38 bits per heavy atom. The zero-order valence-corrected chi connectivity index (χ0v) is 15.5. The summed E-state index contributed by atoms with van der Waals surface area (Å²) in [7, 11) is -3.55. The fraction of sp³-hybridized carbons (Fsp3) is 0.643. The van der Waals surface area contributed by atoms with Gasteiger partial charge in [-0.2, -0.15) is 4.31 Å². The first-order valence-corrected chi connectivity index (χ1v) is 9.45. The van der Waals surface area contributed by atoms with Gasteiger partial charge in [-0.05, 0) is 34.3 Å². The minimum Gasteiger partial charge on any atom is -0.369 e. The molecule has 0 amide bonds. The Bertz CT molecular complexity index is 561. The smallest absolute Gasteiger partial charge is 0.246 e. The lowest BCUT2D eigenvalue weighted by Crippen LogP contribution is -2.34. The van der Waals surface area contributed by atoms with Crippen molar-refractivity contribution in [1.82, 2.24) is 9.29 Å². The first-order chi connectivity index (χ1) is 9.82. The highest BCUT2D eigenvalue weighted by Gasteiger charge is 2.27. The second-order valence-electron chi connectivity index (χ2n) is 5.28. The number of pyridine rings is 1. The predicted octanol–water partition coefficient (Wildman–Crippen LogP) is 3.33. The number of hydrogen-bond acceptors (Lipinski definition) is 4. The third-order valence-corrected chi connectivity index (χ3v) is 5.29. The average Bonchev–Trinajstić information content (AvgIpc) is 2.42. The molecule has 1 heterocycles. The highest BCUT2D eigenvalue weighted by molar-refractivity contribution is 9.10. The summed E-state index contributed by atoms with van der Waals surface area (Å²) >= 11 is 3.31. The van der Waals surface area contributed by atoms with Crippen molar-refractivity contribution in [2.45, 2.75) is 39.0 Å². The van der Waals surface area contributed by atoms with Crippen molar-refractivity contribution in [3.05, 3.63) is 16.7 Å². The molecule has 0 unspecified atom stereocenters. The van der Waals surface area contributed by atoms with Gasteiger partial charge in [-0.3, -0.25) is 0 Å². The minimum absolute atomic E-state index is 0.229. The molecular weight excluding hydrogens is 354 g/mol. The number of nitrogens with zero attached hydrogens (tertiary/aromatic N) is 2. The van der Waals surface area contributed by atoms with Crippen LogP contribution >= 0.6 is 15.9 Å². The van der Waals surface area contributed by atoms with Crippen LogP contribution in [0.15, 0.2) is 21.6 Å². The van der Waals surface area contributed by atoms with E-state index >= 15 is 0 Å². The van der Waals surface area contributed by atoms with Gasteiger partial charge in [0.25, 0.3) is 0 Å². The van der Waals surface area contributed by atoms with Crippen LogP contribution in [0.5, 0.6) is 0 Å². The molecule has 7 heteroatoms. The van der Waals surface area contributed by atoms with Crippen molar-refractivity contribution in [2.24, 2.45) is 5.92 Å². The standard InChI is InChI=1S/C14H24BrN3O2S/c1-5-7-16-14-13(8-12(15)9-17-14)21(19,20)18(6-2)10-11(3)4/h8-9,11H,5-7,10H2,1-4H3,(H,16,17). The van der Waals surface area contributed by atoms with Gasteiger partial charge in [0.1, 0.15) is 10.7 Å². The third-order valence-electron chi connectivity index (χ3n) is 2.90. The normalized spacial score (nSPS) is 12.1. The number of sulfonamides is 1. The fourth-order valence-electron chi connectivity index (χ4n) is 1.94. The van der Waals surface area contributed by atoms with Crippen LogP contribution in [0.2, 0.25) is 0 Å². The fourth-order valence-corrected chi connectivity index (χ4v) is 4.18. The van der Waals surface area contributed by atoms with E-state index in [1.54, 1.807) is 12.3 Å². The number of nitrogens with one attached hydrogen (secondary N) is 1. The Morgan fingerprint density at radius 3 is 2.57 bits per heavy atom. The zero-order valence-electron chi connectivity index (χ0n) is 13.1. The van der Waals surface area contributed by atoms with Crippen molar-refractivity contribution in [3.63, 3.8) is 0 Å². The largest absolute Gasteiger partial charge is 0.369 e. The molecule has 1 aromatic rings. The molecule has 0 atom stereocenters. The summed E-state index contributed by atoms with van der Waals surface area (Å²) in [5, 5.41) is 3.09. The molecule has 120 valence electrons. The van der Waals surface area contributed by atoms with Gasteiger partial charge in [0, 0.05) is 30.3 Å². The summed E-state index contributed by atoms with van der Waals surface area (Å²) < 4.78 is 27.9. The van der Waals surface area contributed by atoms with E-state index in [2.05, 4.69) is 26.2 Å². The number of anilines is 1. The summed E-state index contributed by atoms with van der Waals surface area (Å²) in [5.74, 6) is 0.689. The molecule has 0 saturated carbocycles. The van der Waals surface area contributed by atoms with E-state index in [1.807, 2.05) is 27.7 Å². The first kappa shape index (κ1) is 18.4.